The average molecular weight is 917 g/mol. The highest BCUT2D eigenvalue weighted by Crippen LogP contribution is 2.36. The van der Waals surface area contributed by atoms with Crippen molar-refractivity contribution in [3.05, 3.63) is 34.0 Å². The number of amides is 3. The van der Waals surface area contributed by atoms with Gasteiger partial charge in [-0.05, 0) is 74.7 Å². The zero-order chi connectivity index (χ0) is 30.6. The second kappa shape index (κ2) is 22.8. The van der Waals surface area contributed by atoms with Gasteiger partial charge in [-0.15, -0.1) is 0 Å². The number of rotatable bonds is 22. The molecule has 0 aromatic heterocycles. The van der Waals surface area contributed by atoms with Crippen molar-refractivity contribution in [1.82, 2.24) is 10.6 Å². The zero-order valence-corrected chi connectivity index (χ0v) is 30.0. The second-order valence-electron chi connectivity index (χ2n) is 8.25. The minimum Gasteiger partial charge on any atom is -0.382 e. The van der Waals surface area contributed by atoms with Crippen LogP contribution in [0.15, 0.2) is 12.2 Å². The topological polar surface area (TPSA) is 143 Å². The van der Waals surface area contributed by atoms with Crippen LogP contribution in [0.4, 0.5) is 5.69 Å². The van der Waals surface area contributed by atoms with E-state index in [0.29, 0.717) is 74.8 Å². The first-order chi connectivity index (χ1) is 19.7. The first kappa shape index (κ1) is 38.3. The van der Waals surface area contributed by atoms with Gasteiger partial charge in [0, 0.05) is 36.5 Å². The molecule has 12 nitrogen and oxygen atoms in total. The number of ether oxygens (including phenoxy) is 6. The fraction of sp³-hybridized carbons (Fsp3) is 0.577. The van der Waals surface area contributed by atoms with Crippen LogP contribution < -0.4 is 16.0 Å². The van der Waals surface area contributed by atoms with Gasteiger partial charge in [-0.25, -0.2) is 0 Å². The molecule has 0 unspecified atom stereocenters. The Morgan fingerprint density at radius 2 is 1.00 bits per heavy atom. The van der Waals surface area contributed by atoms with Crippen LogP contribution in [-0.4, -0.2) is 111 Å². The predicted molar refractivity (Wildman–Crippen MR) is 180 cm³/mol. The maximum Gasteiger partial charge on any atom is 0.253 e. The number of anilines is 1. The lowest BCUT2D eigenvalue weighted by Crippen LogP contribution is -2.33. The Morgan fingerprint density at radius 3 is 1.37 bits per heavy atom. The largest absolute Gasteiger partial charge is 0.382 e. The molecule has 232 valence electrons. The molecule has 1 rings (SSSR count). The first-order valence-electron chi connectivity index (χ1n) is 12.7. The quantitative estimate of drug-likeness (QED) is 0.0911. The van der Waals surface area contributed by atoms with Crippen molar-refractivity contribution in [2.24, 2.45) is 0 Å². The number of methoxy groups -OCH3 is 2. The van der Waals surface area contributed by atoms with Crippen LogP contribution in [0.2, 0.25) is 0 Å². The van der Waals surface area contributed by atoms with Crippen LogP contribution in [0.3, 0.4) is 0 Å². The van der Waals surface area contributed by atoms with Gasteiger partial charge < -0.3 is 44.4 Å². The van der Waals surface area contributed by atoms with Gasteiger partial charge in [-0.2, -0.15) is 0 Å². The van der Waals surface area contributed by atoms with E-state index in [1.807, 2.05) is 67.8 Å². The molecule has 0 radical (unpaired) electrons. The van der Waals surface area contributed by atoms with E-state index in [9.17, 15) is 14.4 Å². The molecule has 41 heavy (non-hydrogen) atoms. The molecular formula is C26H38I3N3O9. The highest BCUT2D eigenvalue weighted by atomic mass is 127. The second-order valence-corrected chi connectivity index (χ2v) is 11.5. The minimum atomic E-state index is -0.415. The van der Waals surface area contributed by atoms with Crippen molar-refractivity contribution < 1.29 is 42.8 Å². The monoisotopic (exact) mass is 917 g/mol. The van der Waals surface area contributed by atoms with E-state index in [1.165, 1.54) is 0 Å². The number of carbonyl (C=O) groups excluding carboxylic acids is 3. The molecule has 0 spiro atoms. The Hall–Kier alpha value is -0.680. The Morgan fingerprint density at radius 1 is 0.634 bits per heavy atom. The normalized spacial score (nSPS) is 10.9. The van der Waals surface area contributed by atoms with E-state index < -0.39 is 17.7 Å². The molecule has 0 saturated heterocycles. The molecule has 3 amide bonds. The van der Waals surface area contributed by atoms with Gasteiger partial charge in [0.2, 0.25) is 0 Å². The highest BCUT2D eigenvalue weighted by Gasteiger charge is 2.28. The van der Waals surface area contributed by atoms with Gasteiger partial charge >= 0.3 is 0 Å². The van der Waals surface area contributed by atoms with Crippen molar-refractivity contribution in [3.63, 3.8) is 0 Å². The summed E-state index contributed by atoms with van der Waals surface area (Å²) in [5.41, 5.74) is 1.21. The van der Waals surface area contributed by atoms with E-state index in [4.69, 9.17) is 28.4 Å². The van der Waals surface area contributed by atoms with E-state index in [-0.39, 0.29) is 37.4 Å². The van der Waals surface area contributed by atoms with Crippen LogP contribution in [0, 0.1) is 10.7 Å². The molecule has 0 atom stereocenters. The lowest BCUT2D eigenvalue weighted by Gasteiger charge is -2.19. The minimum absolute atomic E-state index is 0.247. The summed E-state index contributed by atoms with van der Waals surface area (Å²) in [6.07, 6.45) is 0. The molecule has 0 fully saturated rings. The van der Waals surface area contributed by atoms with Crippen LogP contribution in [0.1, 0.15) is 27.6 Å². The van der Waals surface area contributed by atoms with Crippen LogP contribution in [0.25, 0.3) is 0 Å². The van der Waals surface area contributed by atoms with E-state index in [0.717, 1.165) is 0 Å². The first-order valence-corrected chi connectivity index (χ1v) is 15.9. The SMILES string of the molecule is C=C(C)C(=O)Nc1c(I)c(C(=O)NCCOCCOCCOC)c(I)c(C(=O)NCCOCCOCCOC)c1I. The van der Waals surface area contributed by atoms with Gasteiger partial charge in [0.1, 0.15) is 0 Å². The van der Waals surface area contributed by atoms with Crippen molar-refractivity contribution >= 4 is 91.2 Å². The fourth-order valence-electron chi connectivity index (χ4n) is 2.97. The molecule has 15 heteroatoms. The van der Waals surface area contributed by atoms with Crippen LogP contribution >= 0.6 is 67.8 Å². The smallest absolute Gasteiger partial charge is 0.253 e. The van der Waals surface area contributed by atoms with Gasteiger partial charge in [-0.1, -0.05) is 6.58 Å². The number of benzene rings is 1. The molecule has 0 saturated carbocycles. The summed E-state index contributed by atoms with van der Waals surface area (Å²) in [5.74, 6) is -1.21. The Bertz CT molecular complexity index is 951. The number of nitrogens with one attached hydrogen (secondary N) is 3. The fourth-order valence-corrected chi connectivity index (χ4v) is 7.39. The average Bonchev–Trinajstić information content (AvgIpc) is 2.93. The summed E-state index contributed by atoms with van der Waals surface area (Å²) in [6, 6.07) is 0. The molecular weight excluding hydrogens is 879 g/mol. The Labute approximate surface area is 282 Å². The lowest BCUT2D eigenvalue weighted by atomic mass is 10.1. The molecule has 3 N–H and O–H groups in total. The zero-order valence-electron chi connectivity index (χ0n) is 23.5. The number of hydrogen-bond acceptors (Lipinski definition) is 9. The molecule has 1 aromatic carbocycles. The third-order valence-corrected chi connectivity index (χ3v) is 8.30. The number of hydrogen-bond donors (Lipinski definition) is 3. The standard InChI is InChI=1S/C26H38I3N3O9/c1-17(2)24(33)32-23-21(28)18(25(34)30-5-7-38-13-15-40-11-9-36-3)20(27)19(22(23)29)26(35)31-6-8-39-14-16-41-12-10-37-4/h1,5-16H2,2-4H3,(H,30,34)(H,31,35)(H,32,33). The lowest BCUT2D eigenvalue weighted by molar-refractivity contribution is -0.112. The molecule has 1 aromatic rings. The Balaban J connectivity index is 2.91. The van der Waals surface area contributed by atoms with Crippen LogP contribution in [-0.2, 0) is 33.2 Å². The third kappa shape index (κ3) is 14.6. The van der Waals surface area contributed by atoms with Gasteiger partial charge in [0.05, 0.1) is 90.0 Å². The summed E-state index contributed by atoms with van der Waals surface area (Å²) in [4.78, 5) is 39.0. The highest BCUT2D eigenvalue weighted by molar-refractivity contribution is 14.1. The van der Waals surface area contributed by atoms with Crippen molar-refractivity contribution in [3.8, 4) is 0 Å². The molecule has 0 aliphatic heterocycles. The summed E-state index contributed by atoms with van der Waals surface area (Å²) in [6.45, 7) is 9.89. The number of halogens is 3. The summed E-state index contributed by atoms with van der Waals surface area (Å²) in [5, 5.41) is 8.45. The molecule has 0 aliphatic rings. The summed E-state index contributed by atoms with van der Waals surface area (Å²) < 4.78 is 33.0. The van der Waals surface area contributed by atoms with Gasteiger partial charge in [0.15, 0.2) is 0 Å². The molecule has 0 heterocycles. The van der Waals surface area contributed by atoms with Crippen LogP contribution in [0.5, 0.6) is 0 Å². The maximum atomic E-state index is 13.3. The summed E-state index contributed by atoms with van der Waals surface area (Å²) >= 11 is 6.00. The van der Waals surface area contributed by atoms with Crippen molar-refractivity contribution in [1.29, 1.82) is 0 Å². The Kier molecular flexibility index (Phi) is 21.3. The van der Waals surface area contributed by atoms with E-state index >= 15 is 0 Å². The van der Waals surface area contributed by atoms with Crippen molar-refractivity contribution in [2.75, 3.05) is 98.7 Å². The van der Waals surface area contributed by atoms with Gasteiger partial charge in [-0.3, -0.25) is 14.4 Å². The summed E-state index contributed by atoms with van der Waals surface area (Å²) in [7, 11) is 3.21. The van der Waals surface area contributed by atoms with E-state index in [1.54, 1.807) is 21.1 Å². The number of carbonyl (C=O) groups is 3. The molecule has 0 aliphatic carbocycles. The van der Waals surface area contributed by atoms with E-state index in [2.05, 4.69) is 22.5 Å². The van der Waals surface area contributed by atoms with Crippen molar-refractivity contribution in [2.45, 2.75) is 6.92 Å². The third-order valence-electron chi connectivity index (χ3n) is 5.07. The molecule has 0 bridgehead atoms. The predicted octanol–water partition coefficient (Wildman–Crippen LogP) is 2.83. The maximum absolute atomic E-state index is 13.3. The van der Waals surface area contributed by atoms with Gasteiger partial charge in [0.25, 0.3) is 17.7 Å².